The van der Waals surface area contributed by atoms with Gasteiger partial charge in [0.2, 0.25) is 0 Å². The first-order chi connectivity index (χ1) is 12.4. The Morgan fingerprint density at radius 3 is 2.78 bits per heavy atom. The van der Waals surface area contributed by atoms with Crippen molar-refractivity contribution in [1.82, 2.24) is 19.5 Å². The summed E-state index contributed by atoms with van der Waals surface area (Å²) in [6, 6.07) is -0.919. The first kappa shape index (κ1) is 21.6. The van der Waals surface area contributed by atoms with Crippen LogP contribution in [0.15, 0.2) is 12.7 Å². The summed E-state index contributed by atoms with van der Waals surface area (Å²) in [5.41, 5.74) is 12.0. The summed E-state index contributed by atoms with van der Waals surface area (Å²) < 4.78 is 7.29. The van der Waals surface area contributed by atoms with Crippen molar-refractivity contribution in [2.24, 2.45) is 5.73 Å². The van der Waals surface area contributed by atoms with Crippen molar-refractivity contribution in [1.29, 1.82) is 0 Å². The molecule has 2 aromatic heterocycles. The van der Waals surface area contributed by atoms with E-state index in [4.69, 9.17) is 21.3 Å². The summed E-state index contributed by atoms with van der Waals surface area (Å²) in [6.07, 6.45) is -0.747. The summed E-state index contributed by atoms with van der Waals surface area (Å²) >= 11 is 1.40. The molecular weight excluding hydrogens is 400 g/mol. The molecule has 5 atom stereocenters. The van der Waals surface area contributed by atoms with Crippen LogP contribution in [0.1, 0.15) is 12.6 Å². The number of thioether (sulfide) groups is 1. The zero-order valence-corrected chi connectivity index (χ0v) is 15.7. The zero-order valence-electron chi connectivity index (χ0n) is 14.1. The molecule has 0 spiro atoms. The molecule has 11 nitrogen and oxygen atoms in total. The van der Waals surface area contributed by atoms with Gasteiger partial charge in [-0.2, -0.15) is 11.8 Å². The van der Waals surface area contributed by atoms with Crippen LogP contribution >= 0.6 is 24.2 Å². The minimum Gasteiger partial charge on any atom is -0.480 e. The fourth-order valence-corrected chi connectivity index (χ4v) is 3.78. The summed E-state index contributed by atoms with van der Waals surface area (Å²) in [4.78, 5) is 22.8. The van der Waals surface area contributed by atoms with Gasteiger partial charge in [0.05, 0.1) is 12.4 Å². The number of rotatable bonds is 7. The highest BCUT2D eigenvalue weighted by molar-refractivity contribution is 7.99. The average Bonchev–Trinajstić information content (AvgIpc) is 3.15. The van der Waals surface area contributed by atoms with Gasteiger partial charge in [0.1, 0.15) is 30.1 Å². The van der Waals surface area contributed by atoms with E-state index < -0.39 is 36.6 Å². The standard InChI is InChI=1S/C14H20N6O5S.ClH/c15-6(14(23)24)1-2-26-3-7-9(21)10(22)13(25-7)20-5-19-8-11(16)17-4-18-12(8)20;/h4-7,9-10,13,21-22H,1-3,15H2,(H,23,24)(H2,16,17,18);1H/t6-,7+,9+,10+,13+;/m0./s1. The van der Waals surface area contributed by atoms with Gasteiger partial charge >= 0.3 is 5.97 Å². The molecule has 13 heteroatoms. The molecule has 1 aliphatic heterocycles. The molecule has 1 aliphatic rings. The molecule has 0 unspecified atom stereocenters. The number of carboxylic acid groups (broad SMARTS) is 1. The molecule has 1 saturated heterocycles. The van der Waals surface area contributed by atoms with E-state index in [0.29, 0.717) is 29.1 Å². The second kappa shape index (κ2) is 8.99. The number of imidazole rings is 1. The van der Waals surface area contributed by atoms with Gasteiger partial charge in [-0.05, 0) is 12.2 Å². The van der Waals surface area contributed by atoms with Crippen LogP contribution in [0.25, 0.3) is 11.2 Å². The highest BCUT2D eigenvalue weighted by Crippen LogP contribution is 2.33. The van der Waals surface area contributed by atoms with Gasteiger partial charge in [-0.25, -0.2) is 15.0 Å². The topological polar surface area (TPSA) is 183 Å². The van der Waals surface area contributed by atoms with Gasteiger partial charge in [0, 0.05) is 5.75 Å². The second-order valence-electron chi connectivity index (χ2n) is 5.94. The number of aromatic nitrogens is 4. The van der Waals surface area contributed by atoms with Gasteiger partial charge in [0.15, 0.2) is 17.7 Å². The molecule has 27 heavy (non-hydrogen) atoms. The molecule has 0 saturated carbocycles. The third-order valence-corrected chi connectivity index (χ3v) is 5.26. The molecule has 7 N–H and O–H groups in total. The van der Waals surface area contributed by atoms with Crippen molar-refractivity contribution in [2.45, 2.75) is 37.0 Å². The molecule has 150 valence electrons. The Hall–Kier alpha value is -1.70. The van der Waals surface area contributed by atoms with Crippen LogP contribution in [0.2, 0.25) is 0 Å². The zero-order chi connectivity index (χ0) is 18.8. The largest absolute Gasteiger partial charge is 0.480 e. The Bertz CT molecular complexity index is 794. The van der Waals surface area contributed by atoms with Gasteiger partial charge < -0.3 is 31.5 Å². The first-order valence-electron chi connectivity index (χ1n) is 7.91. The molecule has 0 amide bonds. The number of hydrogen-bond acceptors (Lipinski definition) is 10. The number of aliphatic hydroxyl groups is 2. The maximum absolute atomic E-state index is 10.7. The van der Waals surface area contributed by atoms with Crippen LogP contribution in [-0.4, -0.2) is 76.7 Å². The molecule has 0 bridgehead atoms. The van der Waals surface area contributed by atoms with Crippen molar-refractivity contribution < 1.29 is 24.9 Å². The van der Waals surface area contributed by atoms with Crippen molar-refractivity contribution in [3.05, 3.63) is 12.7 Å². The lowest BCUT2D eigenvalue weighted by atomic mass is 10.1. The molecule has 2 aromatic rings. The minimum absolute atomic E-state index is 0. The van der Waals surface area contributed by atoms with E-state index in [9.17, 15) is 15.0 Å². The van der Waals surface area contributed by atoms with Crippen LogP contribution in [-0.2, 0) is 9.53 Å². The van der Waals surface area contributed by atoms with E-state index in [1.807, 2.05) is 0 Å². The fourth-order valence-electron chi connectivity index (χ4n) is 2.69. The number of aliphatic hydroxyl groups excluding tert-OH is 2. The normalized spacial score (nSPS) is 26.0. The van der Waals surface area contributed by atoms with Crippen molar-refractivity contribution in [2.75, 3.05) is 17.2 Å². The minimum atomic E-state index is -1.17. The number of hydrogen-bond donors (Lipinski definition) is 5. The number of carbonyl (C=O) groups is 1. The monoisotopic (exact) mass is 420 g/mol. The summed E-state index contributed by atoms with van der Waals surface area (Å²) in [7, 11) is 0. The fraction of sp³-hybridized carbons (Fsp3) is 0.571. The lowest BCUT2D eigenvalue weighted by Crippen LogP contribution is -2.33. The number of carboxylic acids is 1. The smallest absolute Gasteiger partial charge is 0.320 e. The molecule has 3 heterocycles. The Labute approximate surface area is 164 Å². The Balaban J connectivity index is 0.00000261. The van der Waals surface area contributed by atoms with Gasteiger partial charge in [-0.3, -0.25) is 9.36 Å². The van der Waals surface area contributed by atoms with Gasteiger partial charge in [-0.15, -0.1) is 12.4 Å². The number of ether oxygens (including phenoxy) is 1. The maximum Gasteiger partial charge on any atom is 0.320 e. The van der Waals surface area contributed by atoms with Crippen molar-refractivity contribution in [3.63, 3.8) is 0 Å². The number of nitrogen functional groups attached to an aromatic ring is 1. The van der Waals surface area contributed by atoms with E-state index >= 15 is 0 Å². The third-order valence-electron chi connectivity index (χ3n) is 4.17. The Morgan fingerprint density at radius 1 is 1.33 bits per heavy atom. The maximum atomic E-state index is 10.7. The lowest BCUT2D eigenvalue weighted by Gasteiger charge is -2.16. The quantitative estimate of drug-likeness (QED) is 0.345. The number of nitrogens with zero attached hydrogens (tertiary/aromatic N) is 4. The summed E-state index contributed by atoms with van der Waals surface area (Å²) in [6.45, 7) is 0. The van der Waals surface area contributed by atoms with Gasteiger partial charge in [-0.1, -0.05) is 0 Å². The van der Waals surface area contributed by atoms with Crippen LogP contribution in [0, 0.1) is 0 Å². The number of halogens is 1. The molecule has 0 aliphatic carbocycles. The van der Waals surface area contributed by atoms with E-state index in [1.54, 1.807) is 0 Å². The average molecular weight is 421 g/mol. The Morgan fingerprint density at radius 2 is 2.07 bits per heavy atom. The Kier molecular flexibility index (Phi) is 7.19. The SMILES string of the molecule is Cl.Nc1ncnc2c1ncn2[C@@H]1O[C@H](CSCC[C@H](N)C(=O)O)[C@@H](O)[C@H]1O. The van der Waals surface area contributed by atoms with E-state index in [0.717, 1.165) is 0 Å². The highest BCUT2D eigenvalue weighted by atomic mass is 35.5. The van der Waals surface area contributed by atoms with Crippen LogP contribution in [0.5, 0.6) is 0 Å². The van der Waals surface area contributed by atoms with Crippen LogP contribution in [0.4, 0.5) is 5.82 Å². The van der Waals surface area contributed by atoms with Crippen LogP contribution in [0.3, 0.4) is 0 Å². The van der Waals surface area contributed by atoms with Crippen LogP contribution < -0.4 is 11.5 Å². The number of nitrogens with two attached hydrogens (primary N) is 2. The number of aliphatic carboxylic acids is 1. The summed E-state index contributed by atoms with van der Waals surface area (Å²) in [5.74, 6) is 0.0405. The third kappa shape index (κ3) is 4.42. The molecule has 0 radical (unpaired) electrons. The molecular formula is C14H21ClN6O5S. The second-order valence-corrected chi connectivity index (χ2v) is 7.09. The number of fused-ring (bicyclic) bond motifs is 1. The first-order valence-corrected chi connectivity index (χ1v) is 9.06. The predicted molar refractivity (Wildman–Crippen MR) is 100 cm³/mol. The van der Waals surface area contributed by atoms with Crippen molar-refractivity contribution in [3.8, 4) is 0 Å². The van der Waals surface area contributed by atoms with E-state index in [2.05, 4.69) is 15.0 Å². The molecule has 1 fully saturated rings. The predicted octanol–water partition coefficient (Wildman–Crippen LogP) is -1.02. The summed E-state index contributed by atoms with van der Waals surface area (Å²) in [5, 5.41) is 29.3. The van der Waals surface area contributed by atoms with Gasteiger partial charge in [0.25, 0.3) is 0 Å². The molecule has 3 rings (SSSR count). The lowest BCUT2D eigenvalue weighted by molar-refractivity contribution is -0.138. The number of anilines is 1. The van der Waals surface area contributed by atoms with E-state index in [-0.39, 0.29) is 18.2 Å². The van der Waals surface area contributed by atoms with Crippen molar-refractivity contribution >= 4 is 47.1 Å². The van der Waals surface area contributed by atoms with E-state index in [1.165, 1.54) is 29.0 Å². The highest BCUT2D eigenvalue weighted by Gasteiger charge is 2.44. The molecule has 0 aromatic carbocycles.